The number of anilines is 1. The number of benzene rings is 1. The average Bonchev–Trinajstić information content (AvgIpc) is 3.14. The van der Waals surface area contributed by atoms with E-state index in [4.69, 9.17) is 22.1 Å². The number of aromatic nitrogens is 1. The normalized spacial score (nSPS) is 16.8. The van der Waals surface area contributed by atoms with Crippen LogP contribution < -0.4 is 15.4 Å². The summed E-state index contributed by atoms with van der Waals surface area (Å²) in [6.07, 6.45) is 1.76. The van der Waals surface area contributed by atoms with Crippen molar-refractivity contribution < 1.29 is 4.74 Å². The van der Waals surface area contributed by atoms with E-state index in [0.29, 0.717) is 17.5 Å². The summed E-state index contributed by atoms with van der Waals surface area (Å²) < 4.78 is 5.82. The molecule has 1 aliphatic rings. The van der Waals surface area contributed by atoms with Gasteiger partial charge in [0.15, 0.2) is 11.1 Å². The summed E-state index contributed by atoms with van der Waals surface area (Å²) in [5, 5.41) is 3.73. The Hall–Kier alpha value is -1.99. The topological polar surface area (TPSA) is 67.0 Å². The van der Waals surface area contributed by atoms with Crippen molar-refractivity contribution in [3.05, 3.63) is 40.9 Å². The molecule has 2 N–H and O–H groups in total. The molecule has 1 unspecified atom stereocenters. The highest BCUT2D eigenvalue weighted by Crippen LogP contribution is 2.19. The van der Waals surface area contributed by atoms with Gasteiger partial charge >= 0.3 is 0 Å². The summed E-state index contributed by atoms with van der Waals surface area (Å²) in [4.78, 5) is 13.2. The van der Waals surface area contributed by atoms with Crippen molar-refractivity contribution >= 4 is 34.0 Å². The quantitative estimate of drug-likeness (QED) is 0.639. The smallest absolute Gasteiger partial charge is 0.191 e. The fourth-order valence-electron chi connectivity index (χ4n) is 2.63. The highest BCUT2D eigenvalue weighted by atomic mass is 35.5. The second-order valence-corrected chi connectivity index (χ2v) is 7.18. The molecule has 0 aliphatic carbocycles. The van der Waals surface area contributed by atoms with Gasteiger partial charge in [0.1, 0.15) is 11.9 Å². The zero-order valence-corrected chi connectivity index (χ0v) is 15.7. The number of hydrogen-bond acceptors (Lipinski definition) is 5. The molecule has 1 saturated heterocycles. The molecule has 134 valence electrons. The van der Waals surface area contributed by atoms with E-state index in [9.17, 15) is 0 Å². The molecule has 0 bridgehead atoms. The Morgan fingerprint density at radius 2 is 2.20 bits per heavy atom. The van der Waals surface area contributed by atoms with E-state index >= 15 is 0 Å². The standard InChI is InChI=1S/C17H22ClN5OS/c1-13(24-15-4-2-3-14(18)11-15)12-21-16(19)22-6-8-23(9-7-22)17-20-5-10-25-17/h2-5,10-11,13H,6-9,12H2,1H3,(H2,19,21). The third-order valence-corrected chi connectivity index (χ3v) is 5.00. The lowest BCUT2D eigenvalue weighted by Gasteiger charge is -2.35. The van der Waals surface area contributed by atoms with Crippen LogP contribution in [0.5, 0.6) is 5.75 Å². The first-order valence-corrected chi connectivity index (χ1v) is 9.49. The van der Waals surface area contributed by atoms with Gasteiger partial charge in [0.25, 0.3) is 0 Å². The molecule has 0 amide bonds. The third kappa shape index (κ3) is 4.99. The van der Waals surface area contributed by atoms with Gasteiger partial charge in [-0.05, 0) is 25.1 Å². The second kappa shape index (κ2) is 8.40. The molecule has 25 heavy (non-hydrogen) atoms. The molecule has 1 atom stereocenters. The molecular weight excluding hydrogens is 358 g/mol. The molecule has 1 aliphatic heterocycles. The molecule has 0 saturated carbocycles. The van der Waals surface area contributed by atoms with Gasteiger partial charge in [-0.2, -0.15) is 0 Å². The van der Waals surface area contributed by atoms with Gasteiger partial charge in [0.2, 0.25) is 0 Å². The van der Waals surface area contributed by atoms with Gasteiger partial charge in [-0.25, -0.2) is 9.98 Å². The first kappa shape index (κ1) is 17.8. The first-order valence-electron chi connectivity index (χ1n) is 8.23. The monoisotopic (exact) mass is 379 g/mol. The van der Waals surface area contributed by atoms with Crippen molar-refractivity contribution in [3.8, 4) is 5.75 Å². The third-order valence-electron chi connectivity index (χ3n) is 3.94. The Morgan fingerprint density at radius 3 is 2.88 bits per heavy atom. The minimum absolute atomic E-state index is 0.0753. The van der Waals surface area contributed by atoms with Crippen LogP contribution >= 0.6 is 22.9 Å². The number of piperazine rings is 1. The lowest BCUT2D eigenvalue weighted by atomic mass is 10.3. The first-order chi connectivity index (χ1) is 12.1. The molecule has 1 aromatic heterocycles. The van der Waals surface area contributed by atoms with Crippen molar-refractivity contribution in [1.82, 2.24) is 9.88 Å². The molecule has 2 heterocycles. The predicted molar refractivity (Wildman–Crippen MR) is 104 cm³/mol. The molecule has 1 aromatic carbocycles. The molecule has 3 rings (SSSR count). The maximum Gasteiger partial charge on any atom is 0.191 e. The maximum absolute atomic E-state index is 6.15. The van der Waals surface area contributed by atoms with E-state index in [1.165, 1.54) is 0 Å². The Balaban J connectivity index is 1.47. The number of hydrogen-bond donors (Lipinski definition) is 1. The summed E-state index contributed by atoms with van der Waals surface area (Å²) in [6.45, 7) is 5.97. The fraction of sp³-hybridized carbons (Fsp3) is 0.412. The van der Waals surface area contributed by atoms with Crippen molar-refractivity contribution in [2.45, 2.75) is 13.0 Å². The minimum Gasteiger partial charge on any atom is -0.489 e. The maximum atomic E-state index is 6.15. The highest BCUT2D eigenvalue weighted by molar-refractivity contribution is 7.13. The number of nitrogens with zero attached hydrogens (tertiary/aromatic N) is 4. The van der Waals surface area contributed by atoms with E-state index in [-0.39, 0.29) is 6.10 Å². The van der Waals surface area contributed by atoms with Crippen LogP contribution in [0.25, 0.3) is 0 Å². The molecule has 0 spiro atoms. The van der Waals surface area contributed by atoms with E-state index in [1.54, 1.807) is 17.4 Å². The molecule has 0 radical (unpaired) electrons. The average molecular weight is 380 g/mol. The van der Waals surface area contributed by atoms with Gasteiger partial charge in [0.05, 0.1) is 6.54 Å². The van der Waals surface area contributed by atoms with Crippen LogP contribution in [-0.4, -0.2) is 54.7 Å². The molecular formula is C17H22ClN5OS. The number of nitrogens with two attached hydrogens (primary N) is 1. The highest BCUT2D eigenvalue weighted by Gasteiger charge is 2.20. The van der Waals surface area contributed by atoms with Crippen molar-refractivity contribution in [2.75, 3.05) is 37.6 Å². The van der Waals surface area contributed by atoms with Gasteiger partial charge in [0, 0.05) is 42.8 Å². The van der Waals surface area contributed by atoms with E-state index in [1.807, 2.05) is 36.7 Å². The predicted octanol–water partition coefficient (Wildman–Crippen LogP) is 2.70. The van der Waals surface area contributed by atoms with Crippen LogP contribution in [0.3, 0.4) is 0 Å². The van der Waals surface area contributed by atoms with Crippen LogP contribution in [0.4, 0.5) is 5.13 Å². The summed E-state index contributed by atoms with van der Waals surface area (Å²) in [5.74, 6) is 1.31. The Morgan fingerprint density at radius 1 is 1.40 bits per heavy atom. The largest absolute Gasteiger partial charge is 0.489 e. The number of ether oxygens (including phenoxy) is 1. The van der Waals surface area contributed by atoms with Crippen LogP contribution in [0, 0.1) is 0 Å². The van der Waals surface area contributed by atoms with Crippen LogP contribution in [0.2, 0.25) is 5.02 Å². The number of rotatable bonds is 5. The molecule has 2 aromatic rings. The second-order valence-electron chi connectivity index (χ2n) is 5.87. The van der Waals surface area contributed by atoms with Gasteiger partial charge in [-0.1, -0.05) is 17.7 Å². The number of halogens is 1. The lowest BCUT2D eigenvalue weighted by molar-refractivity contribution is 0.229. The van der Waals surface area contributed by atoms with Crippen LogP contribution in [-0.2, 0) is 0 Å². The van der Waals surface area contributed by atoms with Gasteiger partial charge < -0.3 is 20.3 Å². The SMILES string of the molecule is CC(CN=C(N)N1CCN(c2nccs2)CC1)Oc1cccc(Cl)c1. The van der Waals surface area contributed by atoms with E-state index in [2.05, 4.69) is 19.8 Å². The fourth-order valence-corrected chi connectivity index (χ4v) is 3.51. The Bertz CT molecular complexity index is 701. The van der Waals surface area contributed by atoms with Crippen LogP contribution in [0.1, 0.15) is 6.92 Å². The van der Waals surface area contributed by atoms with Gasteiger partial charge in [-0.15, -0.1) is 11.3 Å². The zero-order chi connectivity index (χ0) is 17.6. The minimum atomic E-state index is -0.0753. The number of guanidine groups is 1. The summed E-state index contributed by atoms with van der Waals surface area (Å²) in [6, 6.07) is 7.36. The van der Waals surface area contributed by atoms with E-state index < -0.39 is 0 Å². The summed E-state index contributed by atoms with van der Waals surface area (Å²) >= 11 is 7.63. The number of thiazole rings is 1. The van der Waals surface area contributed by atoms with Crippen molar-refractivity contribution in [3.63, 3.8) is 0 Å². The Kier molecular flexibility index (Phi) is 5.99. The van der Waals surface area contributed by atoms with E-state index in [0.717, 1.165) is 37.1 Å². The molecule has 8 heteroatoms. The van der Waals surface area contributed by atoms with Gasteiger partial charge in [-0.3, -0.25) is 0 Å². The lowest BCUT2D eigenvalue weighted by Crippen LogP contribution is -2.51. The zero-order valence-electron chi connectivity index (χ0n) is 14.1. The summed E-state index contributed by atoms with van der Waals surface area (Å²) in [7, 11) is 0. The van der Waals surface area contributed by atoms with Crippen molar-refractivity contribution in [2.24, 2.45) is 10.7 Å². The molecule has 6 nitrogen and oxygen atoms in total. The number of aliphatic imine (C=N–C) groups is 1. The van der Waals surface area contributed by atoms with Crippen LogP contribution in [0.15, 0.2) is 40.8 Å². The molecule has 1 fully saturated rings. The Labute approximate surface area is 156 Å². The summed E-state index contributed by atoms with van der Waals surface area (Å²) in [5.41, 5.74) is 6.15. The van der Waals surface area contributed by atoms with Crippen molar-refractivity contribution in [1.29, 1.82) is 0 Å².